The Bertz CT molecular complexity index is 482. The standard InChI is InChI=1S/C14H16N2O2/c17-13-5-6-14(18)16(13)10-15-8-7-11-3-1-2-4-12(11)9-15/h1-4H,5-10H2/p+1. The normalized spacial score (nSPS) is 23.3. The Morgan fingerprint density at radius 1 is 1.00 bits per heavy atom. The van der Waals surface area contributed by atoms with Gasteiger partial charge in [0.2, 0.25) is 11.8 Å². The Hall–Kier alpha value is -1.68. The first-order valence-electron chi connectivity index (χ1n) is 6.47. The lowest BCUT2D eigenvalue weighted by atomic mass is 10.0. The van der Waals surface area contributed by atoms with Crippen LogP contribution in [0.5, 0.6) is 0 Å². The van der Waals surface area contributed by atoms with Gasteiger partial charge in [-0.1, -0.05) is 24.3 Å². The molecule has 0 saturated carbocycles. The maximum Gasteiger partial charge on any atom is 0.234 e. The van der Waals surface area contributed by atoms with Crippen LogP contribution < -0.4 is 4.90 Å². The second-order valence-electron chi connectivity index (χ2n) is 5.07. The van der Waals surface area contributed by atoms with E-state index in [-0.39, 0.29) is 11.8 Å². The molecule has 0 radical (unpaired) electrons. The molecular weight excluding hydrogens is 228 g/mol. The molecule has 2 aliphatic rings. The number of nitrogens with zero attached hydrogens (tertiary/aromatic N) is 1. The Balaban J connectivity index is 1.69. The molecule has 3 rings (SSSR count). The zero-order valence-electron chi connectivity index (χ0n) is 10.3. The number of amides is 2. The molecule has 94 valence electrons. The van der Waals surface area contributed by atoms with Gasteiger partial charge in [-0.25, -0.2) is 4.90 Å². The summed E-state index contributed by atoms with van der Waals surface area (Å²) in [6.45, 7) is 2.44. The van der Waals surface area contributed by atoms with Crippen molar-refractivity contribution in [3.63, 3.8) is 0 Å². The second-order valence-corrected chi connectivity index (χ2v) is 5.07. The van der Waals surface area contributed by atoms with Gasteiger partial charge in [-0.2, -0.15) is 0 Å². The number of fused-ring (bicyclic) bond motifs is 1. The number of rotatable bonds is 2. The lowest BCUT2D eigenvalue weighted by Gasteiger charge is -2.28. The predicted molar refractivity (Wildman–Crippen MR) is 65.6 cm³/mol. The van der Waals surface area contributed by atoms with E-state index in [1.165, 1.54) is 20.9 Å². The monoisotopic (exact) mass is 245 g/mol. The number of hydrogen-bond acceptors (Lipinski definition) is 2. The second kappa shape index (κ2) is 4.53. The van der Waals surface area contributed by atoms with Gasteiger partial charge in [0, 0.05) is 24.8 Å². The highest BCUT2D eigenvalue weighted by molar-refractivity contribution is 6.01. The van der Waals surface area contributed by atoms with Gasteiger partial charge in [0.25, 0.3) is 0 Å². The number of carbonyl (C=O) groups excluding carboxylic acids is 2. The van der Waals surface area contributed by atoms with Crippen LogP contribution >= 0.6 is 0 Å². The molecule has 1 atom stereocenters. The van der Waals surface area contributed by atoms with Crippen LogP contribution in [0.1, 0.15) is 24.0 Å². The zero-order chi connectivity index (χ0) is 12.5. The van der Waals surface area contributed by atoms with Crippen molar-refractivity contribution < 1.29 is 14.5 Å². The summed E-state index contributed by atoms with van der Waals surface area (Å²) in [5.41, 5.74) is 2.75. The SMILES string of the molecule is O=C1CCC(=O)N1C[NH+]1CCc2ccccc2C1. The molecule has 2 amide bonds. The fraction of sp³-hybridized carbons (Fsp3) is 0.429. The number of nitrogens with one attached hydrogen (secondary N) is 1. The van der Waals surface area contributed by atoms with Crippen LogP contribution in [-0.4, -0.2) is 29.9 Å². The maximum absolute atomic E-state index is 11.6. The lowest BCUT2D eigenvalue weighted by Crippen LogP contribution is -3.13. The molecule has 0 bridgehead atoms. The third-order valence-electron chi connectivity index (χ3n) is 3.84. The molecule has 1 saturated heterocycles. The summed E-state index contributed by atoms with van der Waals surface area (Å²) in [4.78, 5) is 25.9. The minimum atomic E-state index is -0.00800. The number of carbonyl (C=O) groups is 2. The number of benzene rings is 1. The van der Waals surface area contributed by atoms with E-state index >= 15 is 0 Å². The minimum absolute atomic E-state index is 0.00800. The summed E-state index contributed by atoms with van der Waals surface area (Å²) in [5.74, 6) is -0.0160. The first-order chi connectivity index (χ1) is 8.74. The van der Waals surface area contributed by atoms with Crippen LogP contribution in [0.15, 0.2) is 24.3 Å². The van der Waals surface area contributed by atoms with E-state index in [0.29, 0.717) is 19.5 Å². The summed E-state index contributed by atoms with van der Waals surface area (Å²) >= 11 is 0. The molecule has 0 spiro atoms. The first kappa shape index (κ1) is 11.4. The van der Waals surface area contributed by atoms with Gasteiger partial charge in [0.05, 0.1) is 6.54 Å². The van der Waals surface area contributed by atoms with Crippen molar-refractivity contribution in [1.29, 1.82) is 0 Å². The summed E-state index contributed by atoms with van der Waals surface area (Å²) in [7, 11) is 0. The van der Waals surface area contributed by atoms with Crippen molar-refractivity contribution >= 4 is 11.8 Å². The number of imide groups is 1. The van der Waals surface area contributed by atoms with E-state index in [4.69, 9.17) is 0 Å². The molecule has 2 aliphatic heterocycles. The van der Waals surface area contributed by atoms with E-state index in [0.717, 1.165) is 19.5 Å². The van der Waals surface area contributed by atoms with E-state index in [2.05, 4.69) is 18.2 Å². The highest BCUT2D eigenvalue weighted by Crippen LogP contribution is 2.12. The molecule has 0 aromatic heterocycles. The third kappa shape index (κ3) is 2.04. The Morgan fingerprint density at radius 2 is 1.67 bits per heavy atom. The van der Waals surface area contributed by atoms with Crippen LogP contribution in [0.25, 0.3) is 0 Å². The maximum atomic E-state index is 11.6. The topological polar surface area (TPSA) is 41.8 Å². The highest BCUT2D eigenvalue weighted by atomic mass is 16.2. The van der Waals surface area contributed by atoms with Crippen molar-refractivity contribution in [2.75, 3.05) is 13.2 Å². The largest absolute Gasteiger partial charge is 0.313 e. The molecule has 2 heterocycles. The van der Waals surface area contributed by atoms with Gasteiger partial charge in [-0.05, 0) is 5.56 Å². The Morgan fingerprint density at radius 3 is 2.39 bits per heavy atom. The summed E-state index contributed by atoms with van der Waals surface area (Å²) in [6, 6.07) is 8.42. The number of likely N-dealkylation sites (tertiary alicyclic amines) is 1. The van der Waals surface area contributed by atoms with Gasteiger partial charge in [-0.15, -0.1) is 0 Å². The molecule has 4 nitrogen and oxygen atoms in total. The van der Waals surface area contributed by atoms with E-state index in [1.54, 1.807) is 0 Å². The van der Waals surface area contributed by atoms with Crippen LogP contribution in [0.2, 0.25) is 0 Å². The molecule has 1 aromatic rings. The molecule has 0 aliphatic carbocycles. The molecule has 1 aromatic carbocycles. The third-order valence-corrected chi connectivity index (χ3v) is 3.84. The van der Waals surface area contributed by atoms with E-state index in [1.807, 2.05) is 6.07 Å². The number of quaternary nitrogens is 1. The van der Waals surface area contributed by atoms with Crippen molar-refractivity contribution in [2.45, 2.75) is 25.8 Å². The number of hydrogen-bond donors (Lipinski definition) is 1. The highest BCUT2D eigenvalue weighted by Gasteiger charge is 2.32. The molecule has 1 unspecified atom stereocenters. The van der Waals surface area contributed by atoms with Gasteiger partial charge >= 0.3 is 0 Å². The van der Waals surface area contributed by atoms with Gasteiger partial charge in [-0.3, -0.25) is 9.59 Å². The summed E-state index contributed by atoms with van der Waals surface area (Å²) in [6.07, 6.45) is 1.81. The molecular formula is C14H17N2O2+. The molecule has 1 N–H and O–H groups in total. The summed E-state index contributed by atoms with van der Waals surface area (Å²) in [5, 5.41) is 0. The minimum Gasteiger partial charge on any atom is -0.313 e. The lowest BCUT2D eigenvalue weighted by molar-refractivity contribution is -0.923. The molecule has 4 heteroatoms. The van der Waals surface area contributed by atoms with Crippen LogP contribution in [0.4, 0.5) is 0 Å². The van der Waals surface area contributed by atoms with E-state index in [9.17, 15) is 9.59 Å². The van der Waals surface area contributed by atoms with E-state index < -0.39 is 0 Å². The fourth-order valence-corrected chi connectivity index (χ4v) is 2.80. The molecule has 18 heavy (non-hydrogen) atoms. The fourth-order valence-electron chi connectivity index (χ4n) is 2.80. The van der Waals surface area contributed by atoms with Crippen LogP contribution in [0.3, 0.4) is 0 Å². The van der Waals surface area contributed by atoms with Gasteiger partial charge in [0.1, 0.15) is 6.54 Å². The first-order valence-corrected chi connectivity index (χ1v) is 6.47. The smallest absolute Gasteiger partial charge is 0.234 e. The van der Waals surface area contributed by atoms with Crippen molar-refractivity contribution in [1.82, 2.24) is 4.90 Å². The quantitative estimate of drug-likeness (QED) is 0.729. The average molecular weight is 245 g/mol. The average Bonchev–Trinajstić information content (AvgIpc) is 2.70. The predicted octanol–water partition coefficient (Wildman–Crippen LogP) is -0.266. The van der Waals surface area contributed by atoms with Gasteiger partial charge < -0.3 is 4.90 Å². The van der Waals surface area contributed by atoms with Crippen molar-refractivity contribution in [2.24, 2.45) is 0 Å². The van der Waals surface area contributed by atoms with Crippen LogP contribution in [0, 0.1) is 0 Å². The molecule has 1 fully saturated rings. The summed E-state index contributed by atoms with van der Waals surface area (Å²) < 4.78 is 0. The van der Waals surface area contributed by atoms with Crippen molar-refractivity contribution in [3.8, 4) is 0 Å². The van der Waals surface area contributed by atoms with Crippen molar-refractivity contribution in [3.05, 3.63) is 35.4 Å². The Labute approximate surface area is 106 Å². The van der Waals surface area contributed by atoms with Gasteiger partial charge in [0.15, 0.2) is 6.67 Å². The van der Waals surface area contributed by atoms with Crippen LogP contribution in [-0.2, 0) is 22.6 Å². The zero-order valence-corrected chi connectivity index (χ0v) is 10.3. The Kier molecular flexibility index (Phi) is 2.88.